The van der Waals surface area contributed by atoms with Gasteiger partial charge >= 0.3 is 0 Å². The number of anilines is 1. The van der Waals surface area contributed by atoms with Crippen molar-refractivity contribution in [1.29, 1.82) is 0 Å². The molecule has 3 aromatic carbocycles. The third kappa shape index (κ3) is 4.67. The predicted molar refractivity (Wildman–Crippen MR) is 128 cm³/mol. The Morgan fingerprint density at radius 1 is 1.00 bits per heavy atom. The Balaban J connectivity index is 1.14. The predicted octanol–water partition coefficient (Wildman–Crippen LogP) is 3.36. The first kappa shape index (κ1) is 21.8. The van der Waals surface area contributed by atoms with Gasteiger partial charge in [-0.2, -0.15) is 0 Å². The van der Waals surface area contributed by atoms with Crippen LogP contribution in [-0.4, -0.2) is 39.1 Å². The molecule has 2 amide bonds. The lowest BCUT2D eigenvalue weighted by atomic mass is 10.1. The zero-order chi connectivity index (χ0) is 23.5. The van der Waals surface area contributed by atoms with Gasteiger partial charge in [0, 0.05) is 18.3 Å². The summed E-state index contributed by atoms with van der Waals surface area (Å²) in [6.45, 7) is 0.348. The molecule has 172 valence electrons. The number of carbonyl (C=O) groups is 2. The van der Waals surface area contributed by atoms with Gasteiger partial charge in [0.25, 0.3) is 5.91 Å². The van der Waals surface area contributed by atoms with Crippen LogP contribution in [0.3, 0.4) is 0 Å². The maximum atomic E-state index is 12.5. The molecule has 10 heteroatoms. The van der Waals surface area contributed by atoms with Crippen LogP contribution in [0, 0.1) is 0 Å². The topological polar surface area (TPSA) is 107 Å². The number of thioether (sulfide) groups is 1. The molecule has 0 fully saturated rings. The number of benzene rings is 3. The average Bonchev–Trinajstić information content (AvgIpc) is 3.47. The van der Waals surface area contributed by atoms with Crippen molar-refractivity contribution < 1.29 is 19.1 Å². The fraction of sp³-hybridized carbons (Fsp3) is 0.167. The second-order valence-corrected chi connectivity index (χ2v) is 8.55. The van der Waals surface area contributed by atoms with Crippen molar-refractivity contribution in [3.63, 3.8) is 0 Å². The van der Waals surface area contributed by atoms with Crippen LogP contribution >= 0.6 is 11.8 Å². The van der Waals surface area contributed by atoms with E-state index >= 15 is 0 Å². The van der Waals surface area contributed by atoms with Gasteiger partial charge in [-0.15, -0.1) is 10.2 Å². The summed E-state index contributed by atoms with van der Waals surface area (Å²) in [5.41, 5.74) is 1.21. The van der Waals surface area contributed by atoms with Crippen molar-refractivity contribution in [3.05, 3.63) is 72.1 Å². The van der Waals surface area contributed by atoms with E-state index < -0.39 is 0 Å². The molecule has 2 N–H and O–H groups in total. The number of carbonyl (C=O) groups excluding carboxylic acids is 2. The first-order valence-corrected chi connectivity index (χ1v) is 11.5. The third-order valence-electron chi connectivity index (χ3n) is 5.33. The van der Waals surface area contributed by atoms with E-state index in [1.165, 1.54) is 11.8 Å². The molecule has 0 spiro atoms. The smallest absolute Gasteiger partial charge is 0.251 e. The molecule has 4 aromatic rings. The molecule has 34 heavy (non-hydrogen) atoms. The van der Waals surface area contributed by atoms with Gasteiger partial charge in [0.05, 0.1) is 12.3 Å². The number of hydrogen-bond acceptors (Lipinski definition) is 7. The highest BCUT2D eigenvalue weighted by Gasteiger charge is 2.17. The Bertz CT molecular complexity index is 1390. The Morgan fingerprint density at radius 2 is 1.82 bits per heavy atom. The molecule has 0 unspecified atom stereocenters. The molecular weight excluding hydrogens is 454 g/mol. The maximum absolute atomic E-state index is 12.5. The van der Waals surface area contributed by atoms with Gasteiger partial charge < -0.3 is 24.7 Å². The van der Waals surface area contributed by atoms with Crippen LogP contribution in [-0.2, 0) is 18.4 Å². The molecule has 5 rings (SSSR count). The molecule has 1 aromatic heterocycles. The number of amides is 2. The van der Waals surface area contributed by atoms with Gasteiger partial charge in [0.1, 0.15) is 0 Å². The maximum Gasteiger partial charge on any atom is 0.251 e. The van der Waals surface area contributed by atoms with Crippen molar-refractivity contribution in [2.45, 2.75) is 11.7 Å². The highest BCUT2D eigenvalue weighted by atomic mass is 32.2. The van der Waals surface area contributed by atoms with E-state index in [1.54, 1.807) is 29.8 Å². The molecule has 1 aliphatic rings. The number of rotatable bonds is 7. The van der Waals surface area contributed by atoms with Gasteiger partial charge in [-0.1, -0.05) is 42.1 Å². The van der Waals surface area contributed by atoms with E-state index in [1.807, 2.05) is 42.5 Å². The van der Waals surface area contributed by atoms with Crippen LogP contribution in [0.15, 0.2) is 65.8 Å². The minimum absolute atomic E-state index is 0.138. The summed E-state index contributed by atoms with van der Waals surface area (Å²) in [7, 11) is 1.80. The van der Waals surface area contributed by atoms with Crippen LogP contribution in [0.2, 0.25) is 0 Å². The first-order valence-electron chi connectivity index (χ1n) is 10.5. The summed E-state index contributed by atoms with van der Waals surface area (Å²) in [4.78, 5) is 24.9. The molecule has 1 aliphatic heterocycles. The van der Waals surface area contributed by atoms with E-state index in [-0.39, 0.29) is 30.9 Å². The van der Waals surface area contributed by atoms with Gasteiger partial charge in [0.15, 0.2) is 22.5 Å². The van der Waals surface area contributed by atoms with Crippen molar-refractivity contribution >= 4 is 40.0 Å². The van der Waals surface area contributed by atoms with Crippen molar-refractivity contribution in [3.8, 4) is 11.5 Å². The summed E-state index contributed by atoms with van der Waals surface area (Å²) in [5.74, 6) is 1.53. The lowest BCUT2D eigenvalue weighted by molar-refractivity contribution is -0.113. The van der Waals surface area contributed by atoms with E-state index in [9.17, 15) is 9.59 Å². The molecular formula is C24H21N5O4S. The van der Waals surface area contributed by atoms with Crippen LogP contribution in [0.5, 0.6) is 11.5 Å². The molecule has 9 nitrogen and oxygen atoms in total. The number of nitrogens with one attached hydrogen (secondary N) is 2. The van der Waals surface area contributed by atoms with E-state index in [4.69, 9.17) is 9.47 Å². The van der Waals surface area contributed by atoms with Crippen molar-refractivity contribution in [2.24, 2.45) is 7.05 Å². The lowest BCUT2D eigenvalue weighted by Crippen LogP contribution is -2.24. The van der Waals surface area contributed by atoms with E-state index in [0.29, 0.717) is 28.0 Å². The van der Waals surface area contributed by atoms with Crippen molar-refractivity contribution in [1.82, 2.24) is 20.1 Å². The molecule has 0 atom stereocenters. The normalized spacial score (nSPS) is 12.0. The molecule has 0 saturated heterocycles. The fourth-order valence-electron chi connectivity index (χ4n) is 3.52. The standard InChI is InChI=1S/C24H21N5O4S/c1-29-21(12-25-23(31)17-7-9-19-20(11-17)33-14-32-19)27-28-24(29)34-13-22(30)26-18-8-6-15-4-2-3-5-16(15)10-18/h2-11H,12-14H2,1H3,(H,25,31)(H,26,30). The Morgan fingerprint density at radius 3 is 2.71 bits per heavy atom. The van der Waals surface area contributed by atoms with Crippen molar-refractivity contribution in [2.75, 3.05) is 17.9 Å². The quantitative estimate of drug-likeness (QED) is 0.395. The molecule has 0 saturated carbocycles. The Hall–Kier alpha value is -4.05. The number of aromatic nitrogens is 3. The van der Waals surface area contributed by atoms with Gasteiger partial charge in [-0.05, 0) is 41.1 Å². The summed E-state index contributed by atoms with van der Waals surface area (Å²) < 4.78 is 12.3. The molecule has 2 heterocycles. The summed E-state index contributed by atoms with van der Waals surface area (Å²) in [6.07, 6.45) is 0. The van der Waals surface area contributed by atoms with Crippen LogP contribution in [0.1, 0.15) is 16.2 Å². The van der Waals surface area contributed by atoms with Gasteiger partial charge in [-0.25, -0.2) is 0 Å². The second kappa shape index (κ2) is 9.44. The minimum Gasteiger partial charge on any atom is -0.454 e. The highest BCUT2D eigenvalue weighted by Crippen LogP contribution is 2.32. The highest BCUT2D eigenvalue weighted by molar-refractivity contribution is 7.99. The van der Waals surface area contributed by atoms with E-state index in [2.05, 4.69) is 20.8 Å². The number of fused-ring (bicyclic) bond motifs is 2. The zero-order valence-corrected chi connectivity index (χ0v) is 19.1. The Labute approximate surface area is 199 Å². The van der Waals surface area contributed by atoms with Gasteiger partial charge in [0.2, 0.25) is 12.7 Å². The molecule has 0 radical (unpaired) electrons. The van der Waals surface area contributed by atoms with Gasteiger partial charge in [-0.3, -0.25) is 9.59 Å². The third-order valence-corrected chi connectivity index (χ3v) is 6.35. The summed E-state index contributed by atoms with van der Waals surface area (Å²) >= 11 is 1.28. The SMILES string of the molecule is Cn1c(CNC(=O)c2ccc3c(c2)OCO3)nnc1SCC(=O)Nc1ccc2ccccc2c1. The fourth-order valence-corrected chi connectivity index (χ4v) is 4.25. The molecule has 0 aliphatic carbocycles. The summed E-state index contributed by atoms with van der Waals surface area (Å²) in [5, 5.41) is 16.8. The number of ether oxygens (including phenoxy) is 2. The molecule has 0 bridgehead atoms. The number of nitrogens with zero attached hydrogens (tertiary/aromatic N) is 3. The van der Waals surface area contributed by atoms with Crippen LogP contribution in [0.25, 0.3) is 10.8 Å². The second-order valence-electron chi connectivity index (χ2n) is 7.61. The largest absolute Gasteiger partial charge is 0.454 e. The minimum atomic E-state index is -0.259. The lowest BCUT2D eigenvalue weighted by Gasteiger charge is -2.08. The average molecular weight is 476 g/mol. The van der Waals surface area contributed by atoms with E-state index in [0.717, 1.165) is 16.5 Å². The Kier molecular flexibility index (Phi) is 6.05. The first-order chi connectivity index (χ1) is 16.6. The van der Waals surface area contributed by atoms with Crippen LogP contribution in [0.4, 0.5) is 5.69 Å². The monoisotopic (exact) mass is 475 g/mol. The number of hydrogen-bond donors (Lipinski definition) is 2. The summed E-state index contributed by atoms with van der Waals surface area (Å²) in [6, 6.07) is 18.8. The zero-order valence-electron chi connectivity index (χ0n) is 18.3. The van der Waals surface area contributed by atoms with Crippen LogP contribution < -0.4 is 20.1 Å².